The number of rotatable bonds is 4. The fourth-order valence-corrected chi connectivity index (χ4v) is 2.67. The van der Waals surface area contributed by atoms with Crippen molar-refractivity contribution in [1.82, 2.24) is 4.90 Å². The molecule has 5 heteroatoms. The van der Waals surface area contributed by atoms with E-state index < -0.39 is 12.7 Å². The van der Waals surface area contributed by atoms with Crippen molar-refractivity contribution in [3.63, 3.8) is 0 Å². The molecule has 0 radical (unpaired) electrons. The average Bonchev–Trinajstić information content (AvgIpc) is 2.19. The van der Waals surface area contributed by atoms with E-state index in [-0.39, 0.29) is 12.1 Å². The molecular formula is C12H23F3N2. The van der Waals surface area contributed by atoms with E-state index in [9.17, 15) is 13.2 Å². The lowest BCUT2D eigenvalue weighted by Crippen LogP contribution is -2.53. The standard InChI is InChI=1S/C12H23F3N2/c1-3-6-17(8-12(13,14)15)11-7-9(2)4-5-10(11)16/h9-11H,3-8,16H2,1-2H3. The van der Waals surface area contributed by atoms with Crippen LogP contribution in [0, 0.1) is 5.92 Å². The molecule has 0 spiro atoms. The van der Waals surface area contributed by atoms with Crippen LogP contribution in [0.2, 0.25) is 0 Å². The summed E-state index contributed by atoms with van der Waals surface area (Å²) in [5.41, 5.74) is 5.98. The molecule has 0 aromatic carbocycles. The minimum absolute atomic E-state index is 0.111. The number of nitrogens with zero attached hydrogens (tertiary/aromatic N) is 1. The Kier molecular flexibility index (Phi) is 5.25. The zero-order valence-corrected chi connectivity index (χ0v) is 10.6. The Hall–Kier alpha value is -0.290. The van der Waals surface area contributed by atoms with E-state index in [1.165, 1.54) is 4.90 Å². The topological polar surface area (TPSA) is 29.3 Å². The monoisotopic (exact) mass is 252 g/mol. The molecule has 3 unspecified atom stereocenters. The highest BCUT2D eigenvalue weighted by Gasteiger charge is 2.37. The smallest absolute Gasteiger partial charge is 0.326 e. The number of halogens is 3. The van der Waals surface area contributed by atoms with Gasteiger partial charge in [0.15, 0.2) is 0 Å². The van der Waals surface area contributed by atoms with Gasteiger partial charge in [-0.3, -0.25) is 4.90 Å². The lowest BCUT2D eigenvalue weighted by atomic mass is 9.83. The maximum absolute atomic E-state index is 12.5. The van der Waals surface area contributed by atoms with E-state index in [0.717, 1.165) is 25.7 Å². The minimum atomic E-state index is -4.13. The third-order valence-corrected chi connectivity index (χ3v) is 3.49. The first kappa shape index (κ1) is 14.8. The lowest BCUT2D eigenvalue weighted by molar-refractivity contribution is -0.153. The highest BCUT2D eigenvalue weighted by molar-refractivity contribution is 4.89. The molecule has 102 valence electrons. The van der Waals surface area contributed by atoms with E-state index in [4.69, 9.17) is 5.73 Å². The molecule has 17 heavy (non-hydrogen) atoms. The molecule has 0 aromatic heterocycles. The van der Waals surface area contributed by atoms with Gasteiger partial charge in [0.25, 0.3) is 0 Å². The van der Waals surface area contributed by atoms with Crippen LogP contribution in [0.15, 0.2) is 0 Å². The number of alkyl halides is 3. The van der Waals surface area contributed by atoms with E-state index in [0.29, 0.717) is 12.5 Å². The fourth-order valence-electron chi connectivity index (χ4n) is 2.67. The summed E-state index contributed by atoms with van der Waals surface area (Å²) < 4.78 is 37.6. The van der Waals surface area contributed by atoms with Gasteiger partial charge < -0.3 is 5.73 Å². The Morgan fingerprint density at radius 2 is 1.94 bits per heavy atom. The van der Waals surface area contributed by atoms with Crippen molar-refractivity contribution in [3.05, 3.63) is 0 Å². The van der Waals surface area contributed by atoms with Crippen molar-refractivity contribution < 1.29 is 13.2 Å². The first-order valence-corrected chi connectivity index (χ1v) is 6.40. The molecule has 2 N–H and O–H groups in total. The molecule has 0 heterocycles. The largest absolute Gasteiger partial charge is 0.401 e. The molecule has 1 saturated carbocycles. The number of hydrogen-bond donors (Lipinski definition) is 1. The van der Waals surface area contributed by atoms with Crippen LogP contribution in [0.25, 0.3) is 0 Å². The molecule has 0 amide bonds. The highest BCUT2D eigenvalue weighted by atomic mass is 19.4. The second kappa shape index (κ2) is 6.05. The van der Waals surface area contributed by atoms with Gasteiger partial charge in [-0.2, -0.15) is 13.2 Å². The van der Waals surface area contributed by atoms with Crippen LogP contribution in [-0.4, -0.2) is 36.2 Å². The predicted octanol–water partition coefficient (Wildman–Crippen LogP) is 2.78. The first-order chi connectivity index (χ1) is 7.83. The highest BCUT2D eigenvalue weighted by Crippen LogP contribution is 2.29. The molecule has 0 aliphatic heterocycles. The van der Waals surface area contributed by atoms with Gasteiger partial charge in [-0.1, -0.05) is 13.8 Å². The summed E-state index contributed by atoms with van der Waals surface area (Å²) in [6.07, 6.45) is -0.742. The summed E-state index contributed by atoms with van der Waals surface area (Å²) in [6, 6.07) is -0.222. The maximum Gasteiger partial charge on any atom is 0.401 e. The number of hydrogen-bond acceptors (Lipinski definition) is 2. The third kappa shape index (κ3) is 4.84. The summed E-state index contributed by atoms with van der Waals surface area (Å²) in [5.74, 6) is 0.479. The molecule has 1 rings (SSSR count). The number of nitrogens with two attached hydrogens (primary N) is 1. The van der Waals surface area contributed by atoms with Gasteiger partial charge in [-0.15, -0.1) is 0 Å². The second-order valence-electron chi connectivity index (χ2n) is 5.24. The predicted molar refractivity (Wildman–Crippen MR) is 62.7 cm³/mol. The summed E-state index contributed by atoms with van der Waals surface area (Å²) in [5, 5.41) is 0. The molecule has 3 atom stereocenters. The third-order valence-electron chi connectivity index (χ3n) is 3.49. The Labute approximate surface area is 101 Å². The SMILES string of the molecule is CCCN(CC(F)(F)F)C1CC(C)CCC1N. The Bertz CT molecular complexity index is 230. The molecule has 1 aliphatic rings. The molecular weight excluding hydrogens is 229 g/mol. The van der Waals surface area contributed by atoms with Crippen LogP contribution in [0.5, 0.6) is 0 Å². The van der Waals surface area contributed by atoms with Gasteiger partial charge >= 0.3 is 6.18 Å². The van der Waals surface area contributed by atoms with Crippen LogP contribution >= 0.6 is 0 Å². The minimum Gasteiger partial charge on any atom is -0.326 e. The normalized spacial score (nSPS) is 30.9. The molecule has 0 saturated heterocycles. The summed E-state index contributed by atoms with van der Waals surface area (Å²) >= 11 is 0. The second-order valence-corrected chi connectivity index (χ2v) is 5.24. The van der Waals surface area contributed by atoms with Gasteiger partial charge in [0, 0.05) is 12.1 Å². The van der Waals surface area contributed by atoms with Crippen LogP contribution in [0.3, 0.4) is 0 Å². The van der Waals surface area contributed by atoms with E-state index in [2.05, 4.69) is 6.92 Å². The van der Waals surface area contributed by atoms with Gasteiger partial charge in [-0.05, 0) is 38.1 Å². The summed E-state index contributed by atoms with van der Waals surface area (Å²) in [4.78, 5) is 1.53. The Balaban J connectivity index is 2.67. The Morgan fingerprint density at radius 1 is 1.29 bits per heavy atom. The molecule has 1 aliphatic carbocycles. The van der Waals surface area contributed by atoms with Crippen LogP contribution in [0.4, 0.5) is 13.2 Å². The lowest BCUT2D eigenvalue weighted by Gasteiger charge is -2.40. The molecule has 0 aromatic rings. The Morgan fingerprint density at radius 3 is 2.47 bits per heavy atom. The van der Waals surface area contributed by atoms with Crippen LogP contribution in [0.1, 0.15) is 39.5 Å². The van der Waals surface area contributed by atoms with Crippen molar-refractivity contribution in [2.75, 3.05) is 13.1 Å². The van der Waals surface area contributed by atoms with Gasteiger partial charge in [0.1, 0.15) is 0 Å². The zero-order valence-electron chi connectivity index (χ0n) is 10.6. The zero-order chi connectivity index (χ0) is 13.1. The van der Waals surface area contributed by atoms with Crippen LogP contribution in [-0.2, 0) is 0 Å². The molecule has 2 nitrogen and oxygen atoms in total. The van der Waals surface area contributed by atoms with E-state index in [1.807, 2.05) is 6.92 Å². The summed E-state index contributed by atoms with van der Waals surface area (Å²) in [6.45, 7) is 3.65. The fraction of sp³-hybridized carbons (Fsp3) is 1.00. The average molecular weight is 252 g/mol. The quantitative estimate of drug-likeness (QED) is 0.833. The van der Waals surface area contributed by atoms with Crippen molar-refractivity contribution in [2.45, 2.75) is 57.8 Å². The first-order valence-electron chi connectivity index (χ1n) is 6.40. The molecule has 1 fully saturated rings. The summed E-state index contributed by atoms with van der Waals surface area (Å²) in [7, 11) is 0. The maximum atomic E-state index is 12.5. The van der Waals surface area contributed by atoms with Crippen LogP contribution < -0.4 is 5.73 Å². The van der Waals surface area contributed by atoms with Gasteiger partial charge in [0.2, 0.25) is 0 Å². The van der Waals surface area contributed by atoms with Crippen molar-refractivity contribution in [1.29, 1.82) is 0 Å². The van der Waals surface area contributed by atoms with E-state index >= 15 is 0 Å². The van der Waals surface area contributed by atoms with Gasteiger partial charge in [-0.25, -0.2) is 0 Å². The van der Waals surface area contributed by atoms with Crippen molar-refractivity contribution in [2.24, 2.45) is 11.7 Å². The molecule has 0 bridgehead atoms. The van der Waals surface area contributed by atoms with Gasteiger partial charge in [0.05, 0.1) is 6.54 Å². The van der Waals surface area contributed by atoms with Crippen molar-refractivity contribution in [3.8, 4) is 0 Å². The van der Waals surface area contributed by atoms with Crippen molar-refractivity contribution >= 4 is 0 Å². The van der Waals surface area contributed by atoms with E-state index in [1.54, 1.807) is 0 Å².